The first kappa shape index (κ1) is 20.8. The van der Waals surface area contributed by atoms with Gasteiger partial charge in [0.15, 0.2) is 5.16 Å². The standard InChI is InChI=1S/C24H27N3O2S2/c1-13-8-11-17(12-14(13)2)27-23(29)20-18-6-4-5-7-19(18)31-22(20)26-24(27)30-15(3)21(28)25-16-9-10-16/h8,11-12,15-16H,4-7,9-10H2,1-3H3,(H,25,28). The molecule has 2 aliphatic rings. The molecule has 1 fully saturated rings. The summed E-state index contributed by atoms with van der Waals surface area (Å²) < 4.78 is 1.72. The lowest BCUT2D eigenvalue weighted by atomic mass is 9.97. The molecular weight excluding hydrogens is 426 g/mol. The zero-order chi connectivity index (χ0) is 21.7. The van der Waals surface area contributed by atoms with Crippen molar-refractivity contribution in [3.8, 4) is 5.69 Å². The van der Waals surface area contributed by atoms with Crippen molar-refractivity contribution >= 4 is 39.2 Å². The van der Waals surface area contributed by atoms with E-state index >= 15 is 0 Å². The minimum Gasteiger partial charge on any atom is -0.352 e. The molecule has 2 heterocycles. The Bertz CT molecular complexity index is 1240. The molecule has 0 radical (unpaired) electrons. The first-order chi connectivity index (χ1) is 14.9. The third-order valence-corrected chi connectivity index (χ3v) is 8.52. The second-order valence-corrected chi connectivity index (χ2v) is 11.1. The number of rotatable bonds is 5. The van der Waals surface area contributed by atoms with Crippen LogP contribution in [0.25, 0.3) is 15.9 Å². The molecule has 2 aliphatic carbocycles. The molecule has 1 N–H and O–H groups in total. The van der Waals surface area contributed by atoms with E-state index in [0.717, 1.165) is 53.6 Å². The van der Waals surface area contributed by atoms with Crippen molar-refractivity contribution in [3.05, 3.63) is 50.1 Å². The van der Waals surface area contributed by atoms with E-state index in [1.807, 2.05) is 25.1 Å². The molecule has 2 aromatic heterocycles. The molecule has 0 aliphatic heterocycles. The number of nitrogens with zero attached hydrogens (tertiary/aromatic N) is 2. The summed E-state index contributed by atoms with van der Waals surface area (Å²) >= 11 is 3.03. The van der Waals surface area contributed by atoms with Crippen molar-refractivity contribution in [1.29, 1.82) is 0 Å². The van der Waals surface area contributed by atoms with Gasteiger partial charge in [-0.25, -0.2) is 4.98 Å². The van der Waals surface area contributed by atoms with Gasteiger partial charge in [-0.2, -0.15) is 0 Å². The molecule has 1 unspecified atom stereocenters. The van der Waals surface area contributed by atoms with E-state index in [9.17, 15) is 9.59 Å². The fourth-order valence-electron chi connectivity index (χ4n) is 4.12. The van der Waals surface area contributed by atoms with E-state index in [0.29, 0.717) is 11.2 Å². The average molecular weight is 454 g/mol. The van der Waals surface area contributed by atoms with Crippen LogP contribution in [-0.2, 0) is 17.6 Å². The number of aromatic nitrogens is 2. The summed E-state index contributed by atoms with van der Waals surface area (Å²) in [5.41, 5.74) is 4.32. The van der Waals surface area contributed by atoms with E-state index in [2.05, 4.69) is 19.2 Å². The molecular formula is C24H27N3O2S2. The largest absolute Gasteiger partial charge is 0.352 e. The number of thioether (sulfide) groups is 1. The van der Waals surface area contributed by atoms with Gasteiger partial charge in [-0.1, -0.05) is 17.8 Å². The lowest BCUT2D eigenvalue weighted by Crippen LogP contribution is -2.33. The molecule has 162 valence electrons. The quantitative estimate of drug-likeness (QED) is 0.449. The molecule has 1 amide bonds. The Kier molecular flexibility index (Phi) is 5.42. The van der Waals surface area contributed by atoms with Gasteiger partial charge in [0, 0.05) is 10.9 Å². The van der Waals surface area contributed by atoms with Crippen LogP contribution in [0.4, 0.5) is 0 Å². The predicted molar refractivity (Wildman–Crippen MR) is 128 cm³/mol. The Labute approximate surface area is 190 Å². The predicted octanol–water partition coefficient (Wildman–Crippen LogP) is 4.70. The fourth-order valence-corrected chi connectivity index (χ4v) is 6.35. The van der Waals surface area contributed by atoms with Gasteiger partial charge in [-0.3, -0.25) is 14.2 Å². The Balaban J connectivity index is 1.65. The number of carbonyl (C=O) groups is 1. The molecule has 7 heteroatoms. The highest BCUT2D eigenvalue weighted by Crippen LogP contribution is 2.36. The van der Waals surface area contributed by atoms with Crippen molar-refractivity contribution in [3.63, 3.8) is 0 Å². The van der Waals surface area contributed by atoms with Gasteiger partial charge in [0.05, 0.1) is 16.3 Å². The zero-order valence-corrected chi connectivity index (χ0v) is 19.8. The van der Waals surface area contributed by atoms with Crippen LogP contribution in [0.5, 0.6) is 0 Å². The Morgan fingerprint density at radius 2 is 2.00 bits per heavy atom. The fraction of sp³-hybridized carbons (Fsp3) is 0.458. The summed E-state index contributed by atoms with van der Waals surface area (Å²) in [6.45, 7) is 6.02. The molecule has 5 nitrogen and oxygen atoms in total. The number of amides is 1. The zero-order valence-electron chi connectivity index (χ0n) is 18.2. The smallest absolute Gasteiger partial charge is 0.267 e. The minimum atomic E-state index is -0.322. The van der Waals surface area contributed by atoms with Crippen molar-refractivity contribution in [2.24, 2.45) is 0 Å². The summed E-state index contributed by atoms with van der Waals surface area (Å²) in [6.07, 6.45) is 6.39. The Morgan fingerprint density at radius 1 is 1.23 bits per heavy atom. The normalized spacial score (nSPS) is 16.9. The number of thiophene rings is 1. The molecule has 1 aromatic carbocycles. The number of nitrogens with one attached hydrogen (secondary N) is 1. The maximum Gasteiger partial charge on any atom is 0.267 e. The summed E-state index contributed by atoms with van der Waals surface area (Å²) in [6, 6.07) is 6.39. The van der Waals surface area contributed by atoms with Gasteiger partial charge in [0.2, 0.25) is 5.91 Å². The number of fused-ring (bicyclic) bond motifs is 3. The van der Waals surface area contributed by atoms with Gasteiger partial charge in [-0.05, 0) is 88.1 Å². The molecule has 0 saturated heterocycles. The SMILES string of the molecule is Cc1ccc(-n2c(SC(C)C(=O)NC3CC3)nc3sc4c(c3c2=O)CCCC4)cc1C. The Hall–Kier alpha value is -2.12. The third kappa shape index (κ3) is 3.94. The second-order valence-electron chi connectivity index (χ2n) is 8.74. The number of hydrogen-bond donors (Lipinski definition) is 1. The van der Waals surface area contributed by atoms with Gasteiger partial charge < -0.3 is 5.32 Å². The van der Waals surface area contributed by atoms with Crippen LogP contribution in [0.3, 0.4) is 0 Å². The highest BCUT2D eigenvalue weighted by atomic mass is 32.2. The van der Waals surface area contributed by atoms with Crippen LogP contribution in [0, 0.1) is 13.8 Å². The van der Waals surface area contributed by atoms with Crippen molar-refractivity contribution in [1.82, 2.24) is 14.9 Å². The average Bonchev–Trinajstić information content (AvgIpc) is 3.47. The molecule has 1 saturated carbocycles. The van der Waals surface area contributed by atoms with Gasteiger partial charge in [0.1, 0.15) is 4.83 Å². The molecule has 3 aromatic rings. The van der Waals surface area contributed by atoms with Gasteiger partial charge in [0.25, 0.3) is 5.56 Å². The highest BCUT2D eigenvalue weighted by Gasteiger charge is 2.28. The third-order valence-electron chi connectivity index (χ3n) is 6.28. The van der Waals surface area contributed by atoms with Gasteiger partial charge >= 0.3 is 0 Å². The van der Waals surface area contributed by atoms with Crippen LogP contribution in [0.2, 0.25) is 0 Å². The topological polar surface area (TPSA) is 64.0 Å². The van der Waals surface area contributed by atoms with Crippen LogP contribution < -0.4 is 10.9 Å². The van der Waals surface area contributed by atoms with Crippen molar-refractivity contribution in [2.75, 3.05) is 0 Å². The number of aryl methyl sites for hydroxylation is 4. The number of hydrogen-bond acceptors (Lipinski definition) is 5. The minimum absolute atomic E-state index is 0.00930. The van der Waals surface area contributed by atoms with E-state index in [-0.39, 0.29) is 16.7 Å². The number of carbonyl (C=O) groups excluding carboxylic acids is 1. The first-order valence-electron chi connectivity index (χ1n) is 11.0. The number of benzene rings is 1. The molecule has 0 spiro atoms. The maximum absolute atomic E-state index is 13.8. The highest BCUT2D eigenvalue weighted by molar-refractivity contribution is 8.00. The van der Waals surface area contributed by atoms with Gasteiger partial charge in [-0.15, -0.1) is 11.3 Å². The van der Waals surface area contributed by atoms with Crippen LogP contribution in [-0.4, -0.2) is 26.8 Å². The van der Waals surface area contributed by atoms with Crippen LogP contribution in [0.15, 0.2) is 28.2 Å². The van der Waals surface area contributed by atoms with E-state index in [4.69, 9.17) is 4.98 Å². The summed E-state index contributed by atoms with van der Waals surface area (Å²) in [5.74, 6) is 0.0129. The summed E-state index contributed by atoms with van der Waals surface area (Å²) in [4.78, 5) is 33.5. The van der Waals surface area contributed by atoms with E-state index in [1.165, 1.54) is 34.2 Å². The van der Waals surface area contributed by atoms with Crippen LogP contribution >= 0.6 is 23.1 Å². The summed E-state index contributed by atoms with van der Waals surface area (Å²) in [5, 5.41) is 4.12. The maximum atomic E-state index is 13.8. The summed E-state index contributed by atoms with van der Waals surface area (Å²) in [7, 11) is 0. The van der Waals surface area contributed by atoms with E-state index in [1.54, 1.807) is 15.9 Å². The second kappa shape index (κ2) is 8.10. The van der Waals surface area contributed by atoms with Crippen molar-refractivity contribution < 1.29 is 4.79 Å². The lowest BCUT2D eigenvalue weighted by Gasteiger charge is -2.17. The molecule has 31 heavy (non-hydrogen) atoms. The van der Waals surface area contributed by atoms with Crippen molar-refractivity contribution in [2.45, 2.75) is 75.7 Å². The molecule has 5 rings (SSSR count). The molecule has 1 atom stereocenters. The van der Waals surface area contributed by atoms with Crippen LogP contribution in [0.1, 0.15) is 54.2 Å². The Morgan fingerprint density at radius 3 is 2.74 bits per heavy atom. The lowest BCUT2D eigenvalue weighted by molar-refractivity contribution is -0.120. The monoisotopic (exact) mass is 453 g/mol. The molecule has 0 bridgehead atoms. The first-order valence-corrected chi connectivity index (χ1v) is 12.7. The van der Waals surface area contributed by atoms with E-state index < -0.39 is 0 Å².